The molecule has 0 radical (unpaired) electrons. The number of nitrogens with zero attached hydrogens (tertiary/aromatic N) is 1. The molecule has 0 fully saturated rings. The summed E-state index contributed by atoms with van der Waals surface area (Å²) in [6, 6.07) is 7.77. The molecule has 0 amide bonds. The molecule has 1 aromatic carbocycles. The van der Waals surface area contributed by atoms with Gasteiger partial charge in [-0.3, -0.25) is 4.98 Å². The Morgan fingerprint density at radius 2 is 2.15 bits per heavy atom. The minimum absolute atomic E-state index is 0.856. The maximum atomic E-state index is 4.34. The van der Waals surface area contributed by atoms with Crippen molar-refractivity contribution in [2.45, 2.75) is 4.90 Å². The fourth-order valence-electron chi connectivity index (χ4n) is 1.24. The van der Waals surface area contributed by atoms with E-state index < -0.39 is 0 Å². The van der Waals surface area contributed by atoms with Crippen LogP contribution in [-0.4, -0.2) is 4.98 Å². The van der Waals surface area contributed by atoms with Gasteiger partial charge < -0.3 is 4.72 Å². The van der Waals surface area contributed by atoms with Crippen LogP contribution in [0.15, 0.2) is 35.4 Å². The van der Waals surface area contributed by atoms with Crippen LogP contribution in [0.25, 0.3) is 10.9 Å². The maximum Gasteiger partial charge on any atom is 0.0836 e. The minimum Gasteiger partial charge on any atom is -0.332 e. The fraction of sp³-hybridized carbons (Fsp3) is 0. The van der Waals surface area contributed by atoms with Crippen molar-refractivity contribution in [2.75, 3.05) is 4.72 Å². The zero-order chi connectivity index (χ0) is 9.26. The molecule has 0 atom stereocenters. The van der Waals surface area contributed by atoms with Gasteiger partial charge >= 0.3 is 0 Å². The van der Waals surface area contributed by atoms with E-state index in [0.717, 1.165) is 21.5 Å². The summed E-state index contributed by atoms with van der Waals surface area (Å²) in [7, 11) is 0. The molecular weight excluding hydrogens is 200 g/mol. The van der Waals surface area contributed by atoms with Crippen molar-refractivity contribution in [3.05, 3.63) is 30.5 Å². The van der Waals surface area contributed by atoms with Crippen LogP contribution in [0.3, 0.4) is 0 Å². The number of pyridine rings is 1. The van der Waals surface area contributed by atoms with Crippen molar-refractivity contribution in [3.63, 3.8) is 0 Å². The van der Waals surface area contributed by atoms with Gasteiger partial charge in [-0.1, -0.05) is 18.9 Å². The van der Waals surface area contributed by atoms with E-state index in [2.05, 4.69) is 35.1 Å². The van der Waals surface area contributed by atoms with Gasteiger partial charge in [-0.15, -0.1) is 12.6 Å². The van der Waals surface area contributed by atoms with Crippen molar-refractivity contribution in [1.82, 2.24) is 4.98 Å². The zero-order valence-electron chi connectivity index (χ0n) is 6.73. The Hall–Kier alpha value is -0.870. The van der Waals surface area contributed by atoms with E-state index in [1.807, 2.05) is 24.3 Å². The second-order valence-electron chi connectivity index (χ2n) is 2.68. The lowest BCUT2D eigenvalue weighted by Gasteiger charge is -2.03. The van der Waals surface area contributed by atoms with E-state index in [-0.39, 0.29) is 0 Å². The number of thiol groups is 2. The highest BCUT2D eigenvalue weighted by molar-refractivity contribution is 7.81. The molecule has 0 aliphatic heterocycles. The first-order chi connectivity index (χ1) is 6.31. The van der Waals surface area contributed by atoms with Crippen LogP contribution in [-0.2, 0) is 0 Å². The lowest BCUT2D eigenvalue weighted by Crippen LogP contribution is -1.84. The van der Waals surface area contributed by atoms with Gasteiger partial charge in [0.25, 0.3) is 0 Å². The molecule has 1 aromatic heterocycles. The normalized spacial score (nSPS) is 10.3. The van der Waals surface area contributed by atoms with Crippen molar-refractivity contribution in [2.24, 2.45) is 0 Å². The van der Waals surface area contributed by atoms with Crippen molar-refractivity contribution < 1.29 is 0 Å². The van der Waals surface area contributed by atoms with Gasteiger partial charge in [-0.2, -0.15) is 0 Å². The minimum atomic E-state index is 0.856. The lowest BCUT2D eigenvalue weighted by atomic mass is 10.2. The number of anilines is 1. The fourth-order valence-corrected chi connectivity index (χ4v) is 1.69. The largest absolute Gasteiger partial charge is 0.332 e. The third-order valence-corrected chi connectivity index (χ3v) is 2.41. The number of nitrogens with one attached hydrogen (secondary N) is 1. The number of rotatable bonds is 1. The van der Waals surface area contributed by atoms with Crippen LogP contribution in [0.2, 0.25) is 0 Å². The molecule has 1 heterocycles. The third kappa shape index (κ3) is 1.59. The Morgan fingerprint density at radius 1 is 1.31 bits per heavy atom. The van der Waals surface area contributed by atoms with E-state index in [0.29, 0.717) is 0 Å². The van der Waals surface area contributed by atoms with Crippen LogP contribution >= 0.6 is 25.4 Å². The van der Waals surface area contributed by atoms with Crippen LogP contribution in [0.1, 0.15) is 0 Å². The van der Waals surface area contributed by atoms with E-state index in [1.165, 1.54) is 0 Å². The molecular formula is C9H8N2S2. The first-order valence-corrected chi connectivity index (χ1v) is 4.68. The molecule has 0 saturated carbocycles. The number of fused-ring (bicyclic) bond motifs is 1. The van der Waals surface area contributed by atoms with E-state index in [1.54, 1.807) is 6.20 Å². The number of hydrogen-bond donors (Lipinski definition) is 3. The van der Waals surface area contributed by atoms with Crippen LogP contribution < -0.4 is 4.72 Å². The Balaban J connectivity index is 2.77. The zero-order valence-corrected chi connectivity index (χ0v) is 8.52. The number of hydrogen-bond acceptors (Lipinski definition) is 4. The molecule has 2 nitrogen and oxygen atoms in total. The summed E-state index contributed by atoms with van der Waals surface area (Å²) in [5, 5.41) is 1.06. The molecule has 2 aromatic rings. The molecule has 4 heteroatoms. The summed E-state index contributed by atoms with van der Waals surface area (Å²) in [4.78, 5) is 5.08. The van der Waals surface area contributed by atoms with E-state index in [9.17, 15) is 0 Å². The number of benzene rings is 1. The molecule has 0 spiro atoms. The average Bonchev–Trinajstić information content (AvgIpc) is 2.18. The van der Waals surface area contributed by atoms with E-state index in [4.69, 9.17) is 0 Å². The smallest absolute Gasteiger partial charge is 0.0836 e. The van der Waals surface area contributed by atoms with Gasteiger partial charge in [0.2, 0.25) is 0 Å². The predicted molar refractivity (Wildman–Crippen MR) is 61.6 cm³/mol. The van der Waals surface area contributed by atoms with Crippen LogP contribution in [0.5, 0.6) is 0 Å². The Kier molecular flexibility index (Phi) is 2.33. The molecule has 1 N–H and O–H groups in total. The quantitative estimate of drug-likeness (QED) is 0.628. The monoisotopic (exact) mass is 208 g/mol. The van der Waals surface area contributed by atoms with Gasteiger partial charge in [0.05, 0.1) is 5.52 Å². The Labute approximate surface area is 87.3 Å². The topological polar surface area (TPSA) is 24.9 Å². The Bertz CT molecular complexity index is 443. The molecule has 0 unspecified atom stereocenters. The summed E-state index contributed by atoms with van der Waals surface area (Å²) in [5.41, 5.74) is 1.84. The molecule has 13 heavy (non-hydrogen) atoms. The van der Waals surface area contributed by atoms with Gasteiger partial charge in [-0.05, 0) is 18.2 Å². The maximum absolute atomic E-state index is 4.34. The molecule has 66 valence electrons. The highest BCUT2D eigenvalue weighted by atomic mass is 32.1. The average molecular weight is 208 g/mol. The second-order valence-corrected chi connectivity index (χ2v) is 3.39. The van der Waals surface area contributed by atoms with Gasteiger partial charge in [0.1, 0.15) is 0 Å². The van der Waals surface area contributed by atoms with Crippen LogP contribution in [0.4, 0.5) is 5.69 Å². The van der Waals surface area contributed by atoms with Crippen molar-refractivity contribution >= 4 is 42.0 Å². The molecule has 0 bridgehead atoms. The summed E-state index contributed by atoms with van der Waals surface area (Å²) >= 11 is 8.32. The molecule has 0 saturated heterocycles. The summed E-state index contributed by atoms with van der Waals surface area (Å²) in [6.45, 7) is 0. The van der Waals surface area contributed by atoms with Gasteiger partial charge in [0, 0.05) is 22.2 Å². The first kappa shape index (κ1) is 8.72. The predicted octanol–water partition coefficient (Wildman–Crippen LogP) is 2.78. The summed E-state index contributed by atoms with van der Waals surface area (Å²) < 4.78 is 2.78. The van der Waals surface area contributed by atoms with E-state index >= 15 is 0 Å². The van der Waals surface area contributed by atoms with Crippen molar-refractivity contribution in [3.8, 4) is 0 Å². The highest BCUT2D eigenvalue weighted by Gasteiger charge is 2.00. The lowest BCUT2D eigenvalue weighted by molar-refractivity contribution is 1.36. The van der Waals surface area contributed by atoms with Gasteiger partial charge in [-0.25, -0.2) is 0 Å². The first-order valence-electron chi connectivity index (χ1n) is 3.79. The van der Waals surface area contributed by atoms with Gasteiger partial charge in [0.15, 0.2) is 0 Å². The summed E-state index contributed by atoms with van der Waals surface area (Å²) in [5.74, 6) is 0. The second kappa shape index (κ2) is 3.47. The number of aromatic nitrogens is 1. The summed E-state index contributed by atoms with van der Waals surface area (Å²) in [6.07, 6.45) is 1.76. The molecule has 0 aliphatic rings. The SMILES string of the molecule is SNc1cc(S)c2ncccc2c1. The highest BCUT2D eigenvalue weighted by Crippen LogP contribution is 2.24. The Morgan fingerprint density at radius 3 is 2.92 bits per heavy atom. The third-order valence-electron chi connectivity index (χ3n) is 1.81. The molecule has 2 rings (SSSR count). The molecule has 0 aliphatic carbocycles. The standard InChI is InChI=1S/C9H8N2S2/c12-8-5-7(11-13)4-6-2-1-3-10-9(6)8/h1-5,11-13H. The van der Waals surface area contributed by atoms with Crippen molar-refractivity contribution in [1.29, 1.82) is 0 Å². The van der Waals surface area contributed by atoms with Crippen LogP contribution in [0, 0.1) is 0 Å².